The molecule has 1 rings (SSSR count). The van der Waals surface area contributed by atoms with Gasteiger partial charge in [-0.15, -0.1) is 0 Å². The minimum absolute atomic E-state index is 0.165. The van der Waals surface area contributed by atoms with Crippen LogP contribution >= 0.6 is 0 Å². The van der Waals surface area contributed by atoms with E-state index >= 15 is 0 Å². The molecule has 1 unspecified atom stereocenters. The molecule has 0 saturated carbocycles. The van der Waals surface area contributed by atoms with Gasteiger partial charge in [0.1, 0.15) is 12.4 Å². The number of rotatable bonds is 5. The van der Waals surface area contributed by atoms with Crippen LogP contribution in [0, 0.1) is 17.2 Å². The van der Waals surface area contributed by atoms with Crippen molar-refractivity contribution in [3.8, 4) is 11.8 Å². The van der Waals surface area contributed by atoms with Crippen LogP contribution in [0.2, 0.25) is 0 Å². The maximum absolute atomic E-state index is 11.5. The Bertz CT molecular complexity index is 423. The van der Waals surface area contributed by atoms with Gasteiger partial charge in [0, 0.05) is 12.0 Å². The van der Waals surface area contributed by atoms with Crippen molar-refractivity contribution < 1.29 is 14.3 Å². The van der Waals surface area contributed by atoms with Gasteiger partial charge in [-0.05, 0) is 6.07 Å². The maximum Gasteiger partial charge on any atom is 0.310 e. The zero-order valence-electron chi connectivity index (χ0n) is 9.97. The summed E-state index contributed by atoms with van der Waals surface area (Å²) in [6.45, 7) is 1.84. The molecule has 0 spiro atoms. The second kappa shape index (κ2) is 6.54. The van der Waals surface area contributed by atoms with Gasteiger partial charge in [0.05, 0.1) is 19.1 Å². The first-order valence-corrected chi connectivity index (χ1v) is 5.34. The van der Waals surface area contributed by atoms with Crippen molar-refractivity contribution in [2.45, 2.75) is 20.0 Å². The summed E-state index contributed by atoms with van der Waals surface area (Å²) in [4.78, 5) is 11.5. The van der Waals surface area contributed by atoms with Gasteiger partial charge in [-0.2, -0.15) is 5.26 Å². The molecule has 1 atom stereocenters. The van der Waals surface area contributed by atoms with E-state index in [1.165, 1.54) is 0 Å². The first kappa shape index (κ1) is 13.0. The maximum atomic E-state index is 11.5. The molecule has 0 aliphatic carbocycles. The van der Waals surface area contributed by atoms with Crippen LogP contribution in [0.3, 0.4) is 0 Å². The van der Waals surface area contributed by atoms with Gasteiger partial charge in [0.25, 0.3) is 0 Å². The molecule has 0 aliphatic rings. The van der Waals surface area contributed by atoms with Crippen LogP contribution in [0.4, 0.5) is 0 Å². The van der Waals surface area contributed by atoms with Crippen molar-refractivity contribution >= 4 is 5.97 Å². The molecule has 1 aromatic rings. The highest BCUT2D eigenvalue weighted by Crippen LogP contribution is 2.18. The van der Waals surface area contributed by atoms with Gasteiger partial charge in [-0.1, -0.05) is 25.1 Å². The van der Waals surface area contributed by atoms with Gasteiger partial charge in [-0.3, -0.25) is 4.79 Å². The highest BCUT2D eigenvalue weighted by atomic mass is 16.5. The van der Waals surface area contributed by atoms with Crippen molar-refractivity contribution in [3.63, 3.8) is 0 Å². The third-order valence-corrected chi connectivity index (χ3v) is 2.36. The largest absolute Gasteiger partial charge is 0.496 e. The summed E-state index contributed by atoms with van der Waals surface area (Å²) in [7, 11) is 1.57. The zero-order valence-corrected chi connectivity index (χ0v) is 9.97. The number of nitrogens with zero attached hydrogens (tertiary/aromatic N) is 1. The van der Waals surface area contributed by atoms with Gasteiger partial charge < -0.3 is 9.47 Å². The Labute approximate surface area is 101 Å². The molecule has 17 heavy (non-hydrogen) atoms. The van der Waals surface area contributed by atoms with Crippen LogP contribution in [0.5, 0.6) is 5.75 Å². The first-order valence-electron chi connectivity index (χ1n) is 5.34. The highest BCUT2D eigenvalue weighted by molar-refractivity contribution is 5.72. The molecule has 0 radical (unpaired) electrons. The predicted molar refractivity (Wildman–Crippen MR) is 62.2 cm³/mol. The molecule has 0 aliphatic heterocycles. The Kier molecular flexibility index (Phi) is 5.02. The van der Waals surface area contributed by atoms with Crippen molar-refractivity contribution in [2.75, 3.05) is 7.11 Å². The number of carbonyl (C=O) groups excluding carboxylic acids is 1. The fourth-order valence-electron chi connectivity index (χ4n) is 1.33. The second-order valence-corrected chi connectivity index (χ2v) is 3.68. The van der Waals surface area contributed by atoms with E-state index in [0.717, 1.165) is 5.56 Å². The molecule has 4 nitrogen and oxygen atoms in total. The Morgan fingerprint density at radius 3 is 2.82 bits per heavy atom. The Morgan fingerprint density at radius 1 is 1.47 bits per heavy atom. The van der Waals surface area contributed by atoms with E-state index in [0.29, 0.717) is 5.75 Å². The zero-order chi connectivity index (χ0) is 12.7. The topological polar surface area (TPSA) is 59.3 Å². The lowest BCUT2D eigenvalue weighted by molar-refractivity contribution is -0.149. The first-order chi connectivity index (χ1) is 8.19. The van der Waals surface area contributed by atoms with Crippen LogP contribution in [0.1, 0.15) is 18.9 Å². The van der Waals surface area contributed by atoms with E-state index < -0.39 is 5.92 Å². The monoisotopic (exact) mass is 233 g/mol. The summed E-state index contributed by atoms with van der Waals surface area (Å²) in [6, 6.07) is 9.29. The molecule has 0 aromatic heterocycles. The molecule has 4 heteroatoms. The molecule has 0 bridgehead atoms. The summed E-state index contributed by atoms with van der Waals surface area (Å²) in [6.07, 6.45) is 0.171. The van der Waals surface area contributed by atoms with Crippen molar-refractivity contribution in [2.24, 2.45) is 5.92 Å². The van der Waals surface area contributed by atoms with Crippen molar-refractivity contribution in [1.82, 2.24) is 0 Å². The Morgan fingerprint density at radius 2 is 2.18 bits per heavy atom. The van der Waals surface area contributed by atoms with Gasteiger partial charge in [0.15, 0.2) is 0 Å². The molecule has 0 heterocycles. The van der Waals surface area contributed by atoms with Gasteiger partial charge >= 0.3 is 5.97 Å². The van der Waals surface area contributed by atoms with Crippen LogP contribution in [-0.2, 0) is 16.1 Å². The smallest absolute Gasteiger partial charge is 0.310 e. The highest BCUT2D eigenvalue weighted by Gasteiger charge is 2.14. The number of carbonyl (C=O) groups is 1. The number of ether oxygens (including phenoxy) is 2. The molecular formula is C13H15NO3. The SMILES string of the molecule is COc1ccccc1COC(=O)C(C)CC#N. The standard InChI is InChI=1S/C13H15NO3/c1-10(7-8-14)13(15)17-9-11-5-3-4-6-12(11)16-2/h3-6,10H,7,9H2,1-2H3. The Balaban J connectivity index is 2.56. The van der Waals surface area contributed by atoms with Crippen LogP contribution in [0.25, 0.3) is 0 Å². The van der Waals surface area contributed by atoms with E-state index in [2.05, 4.69) is 0 Å². The molecule has 0 fully saturated rings. The number of nitriles is 1. The summed E-state index contributed by atoms with van der Waals surface area (Å²) in [5.74, 6) is -0.0691. The van der Waals surface area contributed by atoms with E-state index in [1.807, 2.05) is 30.3 Å². The third kappa shape index (κ3) is 3.80. The fraction of sp³-hybridized carbons (Fsp3) is 0.385. The lowest BCUT2D eigenvalue weighted by Crippen LogP contribution is -2.14. The lowest BCUT2D eigenvalue weighted by atomic mass is 10.1. The fourth-order valence-corrected chi connectivity index (χ4v) is 1.33. The second-order valence-electron chi connectivity index (χ2n) is 3.68. The number of para-hydroxylation sites is 1. The van der Waals surface area contributed by atoms with Crippen LogP contribution < -0.4 is 4.74 Å². The average Bonchev–Trinajstić information content (AvgIpc) is 2.36. The normalized spacial score (nSPS) is 11.4. The molecule has 0 N–H and O–H groups in total. The van der Waals surface area contributed by atoms with Gasteiger partial charge in [0.2, 0.25) is 0 Å². The lowest BCUT2D eigenvalue weighted by Gasteiger charge is -2.11. The molecule has 0 amide bonds. The van der Waals surface area contributed by atoms with E-state index in [4.69, 9.17) is 14.7 Å². The minimum atomic E-state index is -0.394. The van der Waals surface area contributed by atoms with E-state index in [9.17, 15) is 4.79 Å². The quantitative estimate of drug-likeness (QED) is 0.732. The number of hydrogen-bond donors (Lipinski definition) is 0. The van der Waals surface area contributed by atoms with E-state index in [-0.39, 0.29) is 19.0 Å². The van der Waals surface area contributed by atoms with Gasteiger partial charge in [-0.25, -0.2) is 0 Å². The van der Waals surface area contributed by atoms with Crippen LogP contribution in [-0.4, -0.2) is 13.1 Å². The number of hydrogen-bond acceptors (Lipinski definition) is 4. The molecular weight excluding hydrogens is 218 g/mol. The summed E-state index contributed by atoms with van der Waals surface area (Å²) in [5, 5.41) is 8.48. The van der Waals surface area contributed by atoms with Crippen molar-refractivity contribution in [1.29, 1.82) is 5.26 Å². The number of methoxy groups -OCH3 is 1. The summed E-state index contributed by atoms with van der Waals surface area (Å²) < 4.78 is 10.3. The summed E-state index contributed by atoms with van der Waals surface area (Å²) >= 11 is 0. The van der Waals surface area contributed by atoms with E-state index in [1.54, 1.807) is 14.0 Å². The van der Waals surface area contributed by atoms with Crippen LogP contribution in [0.15, 0.2) is 24.3 Å². The van der Waals surface area contributed by atoms with Crippen molar-refractivity contribution in [3.05, 3.63) is 29.8 Å². The predicted octanol–water partition coefficient (Wildman–Crippen LogP) is 2.29. The molecule has 0 saturated heterocycles. The number of esters is 1. The summed E-state index contributed by atoms with van der Waals surface area (Å²) in [5.41, 5.74) is 0.813. The third-order valence-electron chi connectivity index (χ3n) is 2.36. The minimum Gasteiger partial charge on any atom is -0.496 e. The molecule has 90 valence electrons. The molecule has 1 aromatic carbocycles. The Hall–Kier alpha value is -2.02. The average molecular weight is 233 g/mol. The number of benzene rings is 1.